The fourth-order valence-electron chi connectivity index (χ4n) is 6.28. The van der Waals surface area contributed by atoms with Gasteiger partial charge in [-0.15, -0.1) is 0 Å². The van der Waals surface area contributed by atoms with Crippen LogP contribution in [0.5, 0.6) is 11.5 Å². The second-order valence-electron chi connectivity index (χ2n) is 12.2. The van der Waals surface area contributed by atoms with Crippen LogP contribution in [0.4, 0.5) is 0 Å². The number of piperidine rings is 2. The van der Waals surface area contributed by atoms with Gasteiger partial charge in [-0.2, -0.15) is 0 Å². The van der Waals surface area contributed by atoms with Crippen molar-refractivity contribution in [3.8, 4) is 23.3 Å². The van der Waals surface area contributed by atoms with Crippen molar-refractivity contribution in [3.05, 3.63) is 58.6 Å². The Balaban J connectivity index is 1.08. The van der Waals surface area contributed by atoms with Gasteiger partial charge in [0.1, 0.15) is 0 Å². The molecule has 0 bridgehead atoms. The number of rotatable bonds is 8. The standard InChI is InChI=1S/C35H42ClN3O6/c1-4-43-34(42)27-13-18-38(19-14-27)22-17-37-31(40)12-6-25-5-11-29-30(23-25)45-35(44-29)15-20-39(21-16-35)33(41)32(24(2)3)26-7-9-28(36)10-8-26/h5,7-11,23-24,27,32H,4,13-22H2,1-3H3,(H,37,40)/t32-/m0/s1. The second kappa shape index (κ2) is 14.6. The molecule has 3 aliphatic rings. The summed E-state index contributed by atoms with van der Waals surface area (Å²) in [5.74, 6) is 5.51. The predicted octanol–water partition coefficient (Wildman–Crippen LogP) is 4.61. The van der Waals surface area contributed by atoms with Crippen LogP contribution in [-0.4, -0.2) is 79.2 Å². The summed E-state index contributed by atoms with van der Waals surface area (Å²) in [5, 5.41) is 3.51. The quantitative estimate of drug-likeness (QED) is 0.334. The lowest BCUT2D eigenvalue weighted by Crippen LogP contribution is -2.52. The van der Waals surface area contributed by atoms with Crippen molar-refractivity contribution in [2.75, 3.05) is 45.9 Å². The highest BCUT2D eigenvalue weighted by atomic mass is 35.5. The molecule has 3 heterocycles. The van der Waals surface area contributed by atoms with Gasteiger partial charge in [0.05, 0.1) is 18.4 Å². The maximum atomic E-state index is 13.6. The molecule has 2 amide bonds. The molecule has 240 valence electrons. The zero-order valence-electron chi connectivity index (χ0n) is 26.3. The smallest absolute Gasteiger partial charge is 0.309 e. The molecule has 1 atom stereocenters. The van der Waals surface area contributed by atoms with Gasteiger partial charge in [-0.05, 0) is 74.7 Å². The van der Waals surface area contributed by atoms with Gasteiger partial charge in [0.2, 0.25) is 5.91 Å². The summed E-state index contributed by atoms with van der Waals surface area (Å²) in [5.41, 5.74) is 1.62. The van der Waals surface area contributed by atoms with Crippen LogP contribution >= 0.6 is 11.6 Å². The summed E-state index contributed by atoms with van der Waals surface area (Å²) in [4.78, 5) is 42.0. The number of hydrogen-bond donors (Lipinski definition) is 1. The maximum absolute atomic E-state index is 13.6. The number of amides is 2. The Kier molecular flexibility index (Phi) is 10.6. The Morgan fingerprint density at radius 3 is 2.38 bits per heavy atom. The lowest BCUT2D eigenvalue weighted by Gasteiger charge is -2.39. The fraction of sp³-hybridized carbons (Fsp3) is 0.514. The highest BCUT2D eigenvalue weighted by Gasteiger charge is 2.46. The first-order valence-corrected chi connectivity index (χ1v) is 16.3. The Morgan fingerprint density at radius 2 is 1.71 bits per heavy atom. The molecule has 0 saturated carbocycles. The van der Waals surface area contributed by atoms with Crippen LogP contribution < -0.4 is 14.8 Å². The number of halogens is 1. The van der Waals surface area contributed by atoms with E-state index >= 15 is 0 Å². The third-order valence-corrected chi connectivity index (χ3v) is 9.03. The SMILES string of the molecule is CCOC(=O)C1CCN(CCNC(=O)C#Cc2ccc3c(c2)OC2(CCN(C(=O)[C@H](c4ccc(Cl)cc4)C(C)C)CC2)O3)CC1. The molecule has 1 N–H and O–H groups in total. The molecule has 0 unspecified atom stereocenters. The lowest BCUT2D eigenvalue weighted by molar-refractivity contribution is -0.150. The minimum Gasteiger partial charge on any atom is -0.466 e. The molecule has 3 aliphatic heterocycles. The van der Waals surface area contributed by atoms with Crippen LogP contribution in [0.2, 0.25) is 5.02 Å². The number of hydrogen-bond acceptors (Lipinski definition) is 7. The fourth-order valence-corrected chi connectivity index (χ4v) is 6.40. The molecule has 2 aromatic rings. The molecule has 45 heavy (non-hydrogen) atoms. The Labute approximate surface area is 270 Å². The van der Waals surface area contributed by atoms with Gasteiger partial charge in [0.15, 0.2) is 11.5 Å². The number of nitrogens with zero attached hydrogens (tertiary/aromatic N) is 2. The molecule has 2 fully saturated rings. The Bertz CT molecular complexity index is 1430. The van der Waals surface area contributed by atoms with Gasteiger partial charge in [-0.25, -0.2) is 0 Å². The summed E-state index contributed by atoms with van der Waals surface area (Å²) in [6.07, 6.45) is 2.64. The topological polar surface area (TPSA) is 97.4 Å². The van der Waals surface area contributed by atoms with E-state index in [4.69, 9.17) is 25.8 Å². The normalized spacial score (nSPS) is 18.3. The van der Waals surface area contributed by atoms with E-state index in [0.29, 0.717) is 67.7 Å². The predicted molar refractivity (Wildman–Crippen MR) is 171 cm³/mol. The van der Waals surface area contributed by atoms with Crippen molar-refractivity contribution in [2.45, 2.75) is 58.2 Å². The summed E-state index contributed by atoms with van der Waals surface area (Å²) in [6, 6.07) is 12.9. The summed E-state index contributed by atoms with van der Waals surface area (Å²) >= 11 is 6.07. The van der Waals surface area contributed by atoms with E-state index in [1.165, 1.54) is 0 Å². The summed E-state index contributed by atoms with van der Waals surface area (Å²) < 4.78 is 17.7. The van der Waals surface area contributed by atoms with E-state index in [9.17, 15) is 14.4 Å². The van der Waals surface area contributed by atoms with Gasteiger partial charge in [0, 0.05) is 55.5 Å². The van der Waals surface area contributed by atoms with Crippen LogP contribution in [0.25, 0.3) is 0 Å². The van der Waals surface area contributed by atoms with E-state index in [-0.39, 0.29) is 35.5 Å². The highest BCUT2D eigenvalue weighted by molar-refractivity contribution is 6.30. The van der Waals surface area contributed by atoms with E-state index in [2.05, 4.69) is 35.9 Å². The number of benzene rings is 2. The van der Waals surface area contributed by atoms with Crippen molar-refractivity contribution in [2.24, 2.45) is 11.8 Å². The molecule has 9 nitrogen and oxygen atoms in total. The number of nitrogens with one attached hydrogen (secondary N) is 1. The zero-order chi connectivity index (χ0) is 32.0. The molecule has 0 radical (unpaired) electrons. The number of carbonyl (C=O) groups is 3. The number of esters is 1. The van der Waals surface area contributed by atoms with Crippen LogP contribution in [0.1, 0.15) is 63.5 Å². The van der Waals surface area contributed by atoms with Crippen molar-refractivity contribution in [1.29, 1.82) is 0 Å². The molecular weight excluding hydrogens is 594 g/mol. The van der Waals surface area contributed by atoms with Crippen molar-refractivity contribution in [3.63, 3.8) is 0 Å². The number of ether oxygens (including phenoxy) is 3. The first-order valence-electron chi connectivity index (χ1n) is 15.9. The summed E-state index contributed by atoms with van der Waals surface area (Å²) in [7, 11) is 0. The molecule has 2 aromatic carbocycles. The third kappa shape index (κ3) is 8.11. The van der Waals surface area contributed by atoms with Gasteiger partial charge in [-0.1, -0.05) is 43.5 Å². The van der Waals surface area contributed by atoms with Crippen LogP contribution in [0.15, 0.2) is 42.5 Å². The van der Waals surface area contributed by atoms with Gasteiger partial charge < -0.3 is 29.3 Å². The highest BCUT2D eigenvalue weighted by Crippen LogP contribution is 2.44. The third-order valence-electron chi connectivity index (χ3n) is 8.78. The monoisotopic (exact) mass is 635 g/mol. The van der Waals surface area contributed by atoms with Crippen molar-refractivity contribution >= 4 is 29.4 Å². The largest absolute Gasteiger partial charge is 0.466 e. The second-order valence-corrected chi connectivity index (χ2v) is 12.7. The van der Waals surface area contributed by atoms with Gasteiger partial charge in [0.25, 0.3) is 11.7 Å². The Hall–Kier alpha value is -3.74. The summed E-state index contributed by atoms with van der Waals surface area (Å²) in [6.45, 7) is 10.2. The van der Waals surface area contributed by atoms with Crippen LogP contribution in [-0.2, 0) is 19.1 Å². The lowest BCUT2D eigenvalue weighted by atomic mass is 9.86. The maximum Gasteiger partial charge on any atom is 0.309 e. The van der Waals surface area contributed by atoms with Crippen LogP contribution in [0, 0.1) is 23.7 Å². The molecule has 0 aromatic heterocycles. The van der Waals surface area contributed by atoms with E-state index in [0.717, 1.165) is 31.5 Å². The minimum atomic E-state index is -0.819. The van der Waals surface area contributed by atoms with Crippen LogP contribution in [0.3, 0.4) is 0 Å². The van der Waals surface area contributed by atoms with E-state index in [1.54, 1.807) is 6.07 Å². The zero-order valence-corrected chi connectivity index (χ0v) is 27.0. The first kappa shape index (κ1) is 32.6. The molecule has 10 heteroatoms. The Morgan fingerprint density at radius 1 is 1.02 bits per heavy atom. The van der Waals surface area contributed by atoms with Gasteiger partial charge in [-0.3, -0.25) is 14.4 Å². The molecule has 0 aliphatic carbocycles. The van der Waals surface area contributed by atoms with Crippen molar-refractivity contribution < 1.29 is 28.6 Å². The number of fused-ring (bicyclic) bond motifs is 1. The average molecular weight is 636 g/mol. The number of likely N-dealkylation sites (tertiary alicyclic amines) is 2. The molecular formula is C35H42ClN3O6. The molecule has 1 spiro atoms. The number of carbonyl (C=O) groups excluding carboxylic acids is 3. The van der Waals surface area contributed by atoms with E-state index in [1.807, 2.05) is 48.2 Å². The first-order chi connectivity index (χ1) is 21.7. The minimum absolute atomic E-state index is 0.0292. The van der Waals surface area contributed by atoms with Crippen molar-refractivity contribution in [1.82, 2.24) is 15.1 Å². The average Bonchev–Trinajstić information content (AvgIpc) is 3.38. The molecule has 5 rings (SSSR count). The molecule has 2 saturated heterocycles. The van der Waals surface area contributed by atoms with Gasteiger partial charge >= 0.3 is 5.97 Å². The van der Waals surface area contributed by atoms with E-state index < -0.39 is 5.79 Å².